The van der Waals surface area contributed by atoms with Gasteiger partial charge in [0.15, 0.2) is 0 Å². The Balaban J connectivity index is 1.53. The Morgan fingerprint density at radius 3 is 2.34 bits per heavy atom. The highest BCUT2D eigenvalue weighted by Gasteiger charge is 2.28. The number of amides is 1. The molecule has 1 aliphatic carbocycles. The lowest BCUT2D eigenvalue weighted by atomic mass is 10.2. The molecule has 0 radical (unpaired) electrons. The summed E-state index contributed by atoms with van der Waals surface area (Å²) in [6, 6.07) is 19.6. The van der Waals surface area contributed by atoms with Gasteiger partial charge in [0.2, 0.25) is 5.91 Å². The standard InChI is InChI=1S/C26H27ClN2O5S/c1-33-25-16-13-20(17-24(25)27)29(35(31,32)23-9-3-2-4-10-23)18-26(30)28-19-11-14-22(15-12-19)34-21-7-5-6-8-21/h2-4,9-17,21H,5-8,18H2,1H3,(H,28,30). The molecule has 7 nitrogen and oxygen atoms in total. The zero-order valence-electron chi connectivity index (χ0n) is 19.3. The van der Waals surface area contributed by atoms with Gasteiger partial charge in [0.25, 0.3) is 10.0 Å². The summed E-state index contributed by atoms with van der Waals surface area (Å²) >= 11 is 6.25. The number of hydrogen-bond donors (Lipinski definition) is 1. The third kappa shape index (κ3) is 6.07. The van der Waals surface area contributed by atoms with Gasteiger partial charge in [-0.3, -0.25) is 9.10 Å². The second kappa shape index (κ2) is 11.0. The molecular formula is C26H27ClN2O5S. The van der Waals surface area contributed by atoms with Gasteiger partial charge in [-0.15, -0.1) is 0 Å². The summed E-state index contributed by atoms with van der Waals surface area (Å²) in [7, 11) is -2.58. The third-order valence-electron chi connectivity index (χ3n) is 5.78. The molecule has 0 unspecified atom stereocenters. The zero-order valence-corrected chi connectivity index (χ0v) is 20.9. The van der Waals surface area contributed by atoms with Gasteiger partial charge in [-0.1, -0.05) is 29.8 Å². The van der Waals surface area contributed by atoms with Gasteiger partial charge < -0.3 is 14.8 Å². The maximum Gasteiger partial charge on any atom is 0.264 e. The van der Waals surface area contributed by atoms with E-state index in [2.05, 4.69) is 5.32 Å². The molecular weight excluding hydrogens is 488 g/mol. The highest BCUT2D eigenvalue weighted by atomic mass is 35.5. The number of rotatable bonds is 9. The van der Waals surface area contributed by atoms with Gasteiger partial charge in [0.05, 0.1) is 28.8 Å². The summed E-state index contributed by atoms with van der Waals surface area (Å²) in [6.07, 6.45) is 4.71. The summed E-state index contributed by atoms with van der Waals surface area (Å²) in [4.78, 5) is 13.0. The zero-order chi connectivity index (χ0) is 24.8. The first-order valence-corrected chi connectivity index (χ1v) is 13.2. The topological polar surface area (TPSA) is 84.9 Å². The molecule has 0 saturated heterocycles. The van der Waals surface area contributed by atoms with Crippen LogP contribution in [0.1, 0.15) is 25.7 Å². The third-order valence-corrected chi connectivity index (χ3v) is 7.87. The first kappa shape index (κ1) is 24.9. The van der Waals surface area contributed by atoms with Crippen molar-refractivity contribution in [3.8, 4) is 11.5 Å². The van der Waals surface area contributed by atoms with Crippen molar-refractivity contribution in [2.24, 2.45) is 0 Å². The second-order valence-electron chi connectivity index (χ2n) is 8.24. The Bertz CT molecular complexity index is 1260. The number of sulfonamides is 1. The quantitative estimate of drug-likeness (QED) is 0.407. The lowest BCUT2D eigenvalue weighted by Gasteiger charge is -2.24. The fraction of sp³-hybridized carbons (Fsp3) is 0.269. The highest BCUT2D eigenvalue weighted by molar-refractivity contribution is 7.92. The number of nitrogens with zero attached hydrogens (tertiary/aromatic N) is 1. The largest absolute Gasteiger partial charge is 0.495 e. The van der Waals surface area contributed by atoms with Gasteiger partial charge in [0, 0.05) is 5.69 Å². The minimum Gasteiger partial charge on any atom is -0.495 e. The Labute approximate surface area is 210 Å². The van der Waals surface area contributed by atoms with Crippen LogP contribution in [0.2, 0.25) is 5.02 Å². The first-order chi connectivity index (χ1) is 16.9. The van der Waals surface area contributed by atoms with Crippen molar-refractivity contribution in [1.29, 1.82) is 0 Å². The van der Waals surface area contributed by atoms with Gasteiger partial charge in [0.1, 0.15) is 18.0 Å². The minimum atomic E-state index is -4.04. The number of nitrogens with one attached hydrogen (secondary N) is 1. The molecule has 3 aromatic rings. The van der Waals surface area contributed by atoms with Crippen molar-refractivity contribution >= 4 is 38.9 Å². The average Bonchev–Trinajstić information content (AvgIpc) is 3.37. The first-order valence-electron chi connectivity index (χ1n) is 11.3. The summed E-state index contributed by atoms with van der Waals surface area (Å²) in [5.41, 5.74) is 0.786. The van der Waals surface area contributed by atoms with Crippen LogP contribution < -0.4 is 19.1 Å². The molecule has 3 aromatic carbocycles. The number of ether oxygens (including phenoxy) is 2. The van der Waals surface area contributed by atoms with E-state index in [1.54, 1.807) is 54.6 Å². The Kier molecular flexibility index (Phi) is 7.83. The van der Waals surface area contributed by atoms with Crippen molar-refractivity contribution in [1.82, 2.24) is 0 Å². The van der Waals surface area contributed by atoms with Crippen molar-refractivity contribution in [3.63, 3.8) is 0 Å². The van der Waals surface area contributed by atoms with E-state index in [0.717, 1.165) is 22.9 Å². The Hall–Kier alpha value is -3.23. The molecule has 1 aliphatic rings. The van der Waals surface area contributed by atoms with Crippen LogP contribution in [0.25, 0.3) is 0 Å². The monoisotopic (exact) mass is 514 g/mol. The number of halogens is 1. The van der Waals surface area contributed by atoms with Crippen molar-refractivity contribution in [2.75, 3.05) is 23.3 Å². The average molecular weight is 515 g/mol. The summed E-state index contributed by atoms with van der Waals surface area (Å²) in [5.74, 6) is 0.647. The SMILES string of the molecule is COc1ccc(N(CC(=O)Nc2ccc(OC3CCCC3)cc2)S(=O)(=O)c2ccccc2)cc1Cl. The van der Waals surface area contributed by atoms with Crippen LogP contribution in [0, 0.1) is 0 Å². The van der Waals surface area contributed by atoms with E-state index in [1.807, 2.05) is 0 Å². The van der Waals surface area contributed by atoms with Gasteiger partial charge >= 0.3 is 0 Å². The van der Waals surface area contributed by atoms with Crippen LogP contribution in [0.4, 0.5) is 11.4 Å². The number of anilines is 2. The smallest absolute Gasteiger partial charge is 0.264 e. The van der Waals surface area contributed by atoms with Crippen molar-refractivity contribution < 1.29 is 22.7 Å². The molecule has 0 heterocycles. The maximum atomic E-state index is 13.5. The van der Waals surface area contributed by atoms with Crippen molar-refractivity contribution in [2.45, 2.75) is 36.7 Å². The van der Waals surface area contributed by atoms with E-state index in [0.29, 0.717) is 11.4 Å². The van der Waals surface area contributed by atoms with Gasteiger partial charge in [-0.2, -0.15) is 0 Å². The van der Waals surface area contributed by atoms with E-state index in [4.69, 9.17) is 21.1 Å². The van der Waals surface area contributed by atoms with E-state index >= 15 is 0 Å². The molecule has 0 atom stereocenters. The van der Waals surface area contributed by atoms with Crippen LogP contribution >= 0.6 is 11.6 Å². The van der Waals surface area contributed by atoms with E-state index in [-0.39, 0.29) is 21.7 Å². The molecule has 0 aliphatic heterocycles. The summed E-state index contributed by atoms with van der Waals surface area (Å²) in [6.45, 7) is -0.444. The number of methoxy groups -OCH3 is 1. The number of hydrogen-bond acceptors (Lipinski definition) is 5. The summed E-state index contributed by atoms with van der Waals surface area (Å²) in [5, 5.41) is 3.00. The fourth-order valence-corrected chi connectivity index (χ4v) is 5.68. The Morgan fingerprint density at radius 2 is 1.71 bits per heavy atom. The molecule has 1 N–H and O–H groups in total. The van der Waals surface area contributed by atoms with Crippen LogP contribution in [0.15, 0.2) is 77.7 Å². The second-order valence-corrected chi connectivity index (χ2v) is 10.5. The summed E-state index contributed by atoms with van der Waals surface area (Å²) < 4.78 is 39.1. The van der Waals surface area contributed by atoms with Gasteiger partial charge in [-0.25, -0.2) is 8.42 Å². The molecule has 0 spiro atoms. The molecule has 1 amide bonds. The maximum absolute atomic E-state index is 13.5. The molecule has 184 valence electrons. The molecule has 0 bridgehead atoms. The lowest BCUT2D eigenvalue weighted by molar-refractivity contribution is -0.114. The lowest BCUT2D eigenvalue weighted by Crippen LogP contribution is -2.38. The normalized spacial score (nSPS) is 13.9. The molecule has 1 fully saturated rings. The van der Waals surface area contributed by atoms with E-state index in [9.17, 15) is 13.2 Å². The molecule has 35 heavy (non-hydrogen) atoms. The van der Waals surface area contributed by atoms with Crippen LogP contribution in [0.3, 0.4) is 0 Å². The molecule has 1 saturated carbocycles. The van der Waals surface area contributed by atoms with E-state index in [1.165, 1.54) is 38.2 Å². The predicted molar refractivity (Wildman–Crippen MR) is 137 cm³/mol. The number of carbonyl (C=O) groups excluding carboxylic acids is 1. The minimum absolute atomic E-state index is 0.0631. The number of carbonyl (C=O) groups is 1. The van der Waals surface area contributed by atoms with Crippen molar-refractivity contribution in [3.05, 3.63) is 77.8 Å². The van der Waals surface area contributed by atoms with E-state index < -0.39 is 22.5 Å². The predicted octanol–water partition coefficient (Wildman–Crippen LogP) is 5.50. The highest BCUT2D eigenvalue weighted by Crippen LogP contribution is 2.32. The number of benzene rings is 3. The molecule has 0 aromatic heterocycles. The fourth-order valence-electron chi connectivity index (χ4n) is 3.99. The van der Waals surface area contributed by atoms with Crippen LogP contribution in [0.5, 0.6) is 11.5 Å². The molecule has 4 rings (SSSR count). The van der Waals surface area contributed by atoms with Gasteiger partial charge in [-0.05, 0) is 80.3 Å². The van der Waals surface area contributed by atoms with Crippen LogP contribution in [-0.2, 0) is 14.8 Å². The Morgan fingerprint density at radius 1 is 1.03 bits per heavy atom. The molecule has 9 heteroatoms. The van der Waals surface area contributed by atoms with Crippen LogP contribution in [-0.4, -0.2) is 34.1 Å².